The highest BCUT2D eigenvalue weighted by Crippen LogP contribution is 2.33. The number of anilines is 3. The van der Waals surface area contributed by atoms with Crippen LogP contribution in [0.3, 0.4) is 0 Å². The SMILES string of the molecule is Cc1cc(C#N)nc(N2CCN(S(=O)(=O)c3ccc4c(c3)CCN4C(=O)c3ccccc3N)CC2)n1. The first kappa shape index (κ1) is 23.7. The number of piperazine rings is 1. The highest BCUT2D eigenvalue weighted by molar-refractivity contribution is 7.89. The van der Waals surface area contributed by atoms with Crippen molar-refractivity contribution in [2.45, 2.75) is 18.2 Å². The Morgan fingerprint density at radius 1 is 1.03 bits per heavy atom. The van der Waals surface area contributed by atoms with Gasteiger partial charge in [0.1, 0.15) is 11.8 Å². The summed E-state index contributed by atoms with van der Waals surface area (Å²) in [7, 11) is -3.72. The number of hydrogen-bond donors (Lipinski definition) is 1. The van der Waals surface area contributed by atoms with Crippen molar-refractivity contribution in [1.82, 2.24) is 14.3 Å². The van der Waals surface area contributed by atoms with E-state index in [0.29, 0.717) is 54.6 Å². The first-order valence-corrected chi connectivity index (χ1v) is 13.0. The first-order chi connectivity index (χ1) is 17.3. The normalized spacial score (nSPS) is 16.0. The van der Waals surface area contributed by atoms with Crippen molar-refractivity contribution < 1.29 is 13.2 Å². The second-order valence-electron chi connectivity index (χ2n) is 8.78. The summed E-state index contributed by atoms with van der Waals surface area (Å²) in [5.41, 5.74) is 9.32. The minimum atomic E-state index is -3.72. The van der Waals surface area contributed by atoms with Crippen molar-refractivity contribution in [3.8, 4) is 6.07 Å². The fourth-order valence-electron chi connectivity index (χ4n) is 4.62. The topological polar surface area (TPSA) is 137 Å². The number of fused-ring (bicyclic) bond motifs is 1. The molecule has 0 unspecified atom stereocenters. The van der Waals surface area contributed by atoms with Gasteiger partial charge in [0, 0.05) is 49.8 Å². The number of sulfonamides is 1. The summed E-state index contributed by atoms with van der Waals surface area (Å²) in [5, 5.41) is 9.17. The number of benzene rings is 2. The standard InChI is InChI=1S/C25H25N7O3S/c1-17-14-19(16-26)29-25(28-17)30-10-12-31(13-11-30)36(34,35)20-6-7-23-18(15-20)8-9-32(23)24(33)21-4-2-3-5-22(21)27/h2-7,14-15H,8-13,27H2,1H3. The molecule has 0 aliphatic carbocycles. The maximum Gasteiger partial charge on any atom is 0.260 e. The van der Waals surface area contributed by atoms with Crippen LogP contribution in [0.2, 0.25) is 0 Å². The summed E-state index contributed by atoms with van der Waals surface area (Å²) >= 11 is 0. The predicted molar refractivity (Wildman–Crippen MR) is 135 cm³/mol. The van der Waals surface area contributed by atoms with Crippen molar-refractivity contribution >= 4 is 33.3 Å². The van der Waals surface area contributed by atoms with Crippen molar-refractivity contribution in [2.24, 2.45) is 0 Å². The minimum absolute atomic E-state index is 0.198. The Labute approximate surface area is 209 Å². The van der Waals surface area contributed by atoms with Crippen molar-refractivity contribution in [1.29, 1.82) is 5.26 Å². The third kappa shape index (κ3) is 4.25. The molecule has 11 heteroatoms. The molecule has 1 fully saturated rings. The number of rotatable bonds is 4. The molecule has 184 valence electrons. The molecule has 2 aliphatic heterocycles. The van der Waals surface area contributed by atoms with Gasteiger partial charge in [-0.2, -0.15) is 9.57 Å². The van der Waals surface area contributed by atoms with Gasteiger partial charge < -0.3 is 15.5 Å². The van der Waals surface area contributed by atoms with Crippen LogP contribution >= 0.6 is 0 Å². The van der Waals surface area contributed by atoms with Crippen LogP contribution in [-0.4, -0.2) is 61.3 Å². The molecular formula is C25H25N7O3S. The quantitative estimate of drug-likeness (QED) is 0.534. The van der Waals surface area contributed by atoms with E-state index in [-0.39, 0.29) is 29.6 Å². The van der Waals surface area contributed by atoms with Gasteiger partial charge in [0.25, 0.3) is 5.91 Å². The van der Waals surface area contributed by atoms with Gasteiger partial charge in [0.2, 0.25) is 16.0 Å². The van der Waals surface area contributed by atoms with E-state index in [9.17, 15) is 13.2 Å². The number of para-hydroxylation sites is 1. The van der Waals surface area contributed by atoms with E-state index >= 15 is 0 Å². The molecule has 0 atom stereocenters. The molecule has 10 nitrogen and oxygen atoms in total. The van der Waals surface area contributed by atoms with E-state index in [1.54, 1.807) is 60.4 Å². The number of carbonyl (C=O) groups is 1. The van der Waals surface area contributed by atoms with E-state index in [1.165, 1.54) is 4.31 Å². The van der Waals surface area contributed by atoms with Crippen LogP contribution in [-0.2, 0) is 16.4 Å². The molecule has 0 bridgehead atoms. The van der Waals surface area contributed by atoms with Gasteiger partial charge in [-0.15, -0.1) is 0 Å². The number of hydrogen-bond acceptors (Lipinski definition) is 8. The molecule has 0 saturated carbocycles. The third-order valence-corrected chi connectivity index (χ3v) is 8.39. The van der Waals surface area contributed by atoms with E-state index < -0.39 is 10.0 Å². The van der Waals surface area contributed by atoms with Crippen molar-refractivity contribution in [3.63, 3.8) is 0 Å². The zero-order valence-electron chi connectivity index (χ0n) is 19.8. The molecule has 3 aromatic rings. The molecular weight excluding hydrogens is 478 g/mol. The molecule has 2 N–H and O–H groups in total. The summed E-state index contributed by atoms with van der Waals surface area (Å²) in [4.78, 5) is 25.5. The lowest BCUT2D eigenvalue weighted by molar-refractivity contribution is 0.0990. The number of nitriles is 1. The second-order valence-corrected chi connectivity index (χ2v) is 10.7. The molecule has 5 rings (SSSR count). The largest absolute Gasteiger partial charge is 0.398 e. The molecule has 2 aromatic carbocycles. The average molecular weight is 504 g/mol. The van der Waals surface area contributed by atoms with Crippen LogP contribution in [0, 0.1) is 18.3 Å². The van der Waals surface area contributed by atoms with E-state index in [4.69, 9.17) is 11.0 Å². The molecule has 1 aromatic heterocycles. The summed E-state index contributed by atoms with van der Waals surface area (Å²) in [5.74, 6) is 0.237. The molecule has 0 spiro atoms. The minimum Gasteiger partial charge on any atom is -0.398 e. The third-order valence-electron chi connectivity index (χ3n) is 6.50. The summed E-state index contributed by atoms with van der Waals surface area (Å²) < 4.78 is 28.3. The van der Waals surface area contributed by atoms with Gasteiger partial charge in [0.05, 0.1) is 10.5 Å². The highest BCUT2D eigenvalue weighted by atomic mass is 32.2. The van der Waals surface area contributed by atoms with E-state index in [1.807, 2.05) is 11.0 Å². The van der Waals surface area contributed by atoms with Gasteiger partial charge in [-0.1, -0.05) is 12.1 Å². The Morgan fingerprint density at radius 2 is 1.78 bits per heavy atom. The molecule has 36 heavy (non-hydrogen) atoms. The van der Waals surface area contributed by atoms with Crippen LogP contribution in [0.4, 0.5) is 17.3 Å². The van der Waals surface area contributed by atoms with Crippen molar-refractivity contribution in [3.05, 3.63) is 71.0 Å². The monoisotopic (exact) mass is 503 g/mol. The van der Waals surface area contributed by atoms with Crippen LogP contribution in [0.5, 0.6) is 0 Å². The Balaban J connectivity index is 1.32. The highest BCUT2D eigenvalue weighted by Gasteiger charge is 2.32. The van der Waals surface area contributed by atoms with E-state index in [2.05, 4.69) is 9.97 Å². The fraction of sp³-hybridized carbons (Fsp3) is 0.280. The number of carbonyl (C=O) groups excluding carboxylic acids is 1. The van der Waals surface area contributed by atoms with Crippen LogP contribution in [0.15, 0.2) is 53.4 Å². The maximum atomic E-state index is 13.4. The van der Waals surface area contributed by atoms with Gasteiger partial charge in [0.15, 0.2) is 0 Å². The number of amides is 1. The fourth-order valence-corrected chi connectivity index (χ4v) is 6.09. The smallest absolute Gasteiger partial charge is 0.260 e. The zero-order valence-corrected chi connectivity index (χ0v) is 20.6. The molecule has 2 aliphatic rings. The number of nitrogens with two attached hydrogens (primary N) is 1. The molecule has 1 amide bonds. The zero-order chi connectivity index (χ0) is 25.4. The molecule has 0 radical (unpaired) electrons. The Bertz CT molecular complexity index is 1490. The Morgan fingerprint density at radius 3 is 2.50 bits per heavy atom. The van der Waals surface area contributed by atoms with Gasteiger partial charge in [-0.05, 0) is 55.3 Å². The second kappa shape index (κ2) is 9.22. The Hall–Kier alpha value is -4.01. The number of nitrogen functional groups attached to an aromatic ring is 1. The van der Waals surface area contributed by atoms with Crippen LogP contribution in [0.1, 0.15) is 27.3 Å². The first-order valence-electron chi connectivity index (χ1n) is 11.6. The molecule has 3 heterocycles. The summed E-state index contributed by atoms with van der Waals surface area (Å²) in [6.45, 7) is 3.64. The predicted octanol–water partition coefficient (Wildman–Crippen LogP) is 1.95. The average Bonchev–Trinajstić information content (AvgIpc) is 3.31. The number of nitrogens with zero attached hydrogens (tertiary/aromatic N) is 6. The summed E-state index contributed by atoms with van der Waals surface area (Å²) in [6.07, 6.45) is 0.566. The van der Waals surface area contributed by atoms with Gasteiger partial charge >= 0.3 is 0 Å². The van der Waals surface area contributed by atoms with Gasteiger partial charge in [-0.25, -0.2) is 18.4 Å². The molecule has 1 saturated heterocycles. The number of aryl methyl sites for hydroxylation is 1. The number of aromatic nitrogens is 2. The van der Waals surface area contributed by atoms with E-state index in [0.717, 1.165) is 5.56 Å². The summed E-state index contributed by atoms with van der Waals surface area (Å²) in [6, 6.07) is 15.5. The Kier molecular flexibility index (Phi) is 6.07. The van der Waals surface area contributed by atoms with Crippen LogP contribution < -0.4 is 15.5 Å². The van der Waals surface area contributed by atoms with Crippen molar-refractivity contribution in [2.75, 3.05) is 48.3 Å². The van der Waals surface area contributed by atoms with Crippen LogP contribution in [0.25, 0.3) is 0 Å². The maximum absolute atomic E-state index is 13.4. The lowest BCUT2D eigenvalue weighted by Gasteiger charge is -2.34. The van der Waals surface area contributed by atoms with Gasteiger partial charge in [-0.3, -0.25) is 4.79 Å². The lowest BCUT2D eigenvalue weighted by atomic mass is 10.1. The lowest BCUT2D eigenvalue weighted by Crippen LogP contribution is -2.49.